The number of fused-ring (bicyclic) bond motifs is 1. The van der Waals surface area contributed by atoms with E-state index in [1.165, 1.54) is 17.7 Å². The number of furan rings is 1. The molecular weight excluding hydrogens is 511 g/mol. The Morgan fingerprint density at radius 1 is 0.949 bits per heavy atom. The van der Waals surface area contributed by atoms with Crippen LogP contribution in [0.25, 0.3) is 33.4 Å². The van der Waals surface area contributed by atoms with Gasteiger partial charge < -0.3 is 18.8 Å². The van der Waals surface area contributed by atoms with E-state index in [1.54, 1.807) is 19.1 Å². The molecule has 1 N–H and O–H groups in total. The smallest absolute Gasteiger partial charge is 0.342 e. The zero-order valence-electron chi connectivity index (χ0n) is 21.6. The van der Waals surface area contributed by atoms with E-state index >= 15 is 0 Å². The van der Waals surface area contributed by atoms with Crippen molar-refractivity contribution in [1.29, 1.82) is 0 Å². The Bertz CT molecular complexity index is 1550. The lowest BCUT2D eigenvalue weighted by atomic mass is 9.98. The maximum Gasteiger partial charge on any atom is 0.342 e. The molecule has 7 heteroatoms. The molecule has 4 aromatic carbocycles. The van der Waals surface area contributed by atoms with Crippen molar-refractivity contribution in [3.8, 4) is 22.5 Å². The zero-order valence-corrected chi connectivity index (χ0v) is 22.5. The van der Waals surface area contributed by atoms with Gasteiger partial charge >= 0.3 is 5.97 Å². The molecule has 5 nitrogen and oxygen atoms in total. The largest absolute Gasteiger partial charge is 0.462 e. The molecular formula is C32H29FN2O3S. The summed E-state index contributed by atoms with van der Waals surface area (Å²) in [6.45, 7) is 4.07. The van der Waals surface area contributed by atoms with Crippen LogP contribution in [0.4, 0.5) is 10.1 Å². The summed E-state index contributed by atoms with van der Waals surface area (Å²) in [5.74, 6) is -0.516. The molecule has 0 saturated heterocycles. The Balaban J connectivity index is 1.55. The van der Waals surface area contributed by atoms with Gasteiger partial charge in [0, 0.05) is 42.2 Å². The van der Waals surface area contributed by atoms with Gasteiger partial charge in [-0.25, -0.2) is 9.18 Å². The molecule has 0 amide bonds. The van der Waals surface area contributed by atoms with Gasteiger partial charge in [0.15, 0.2) is 0 Å². The van der Waals surface area contributed by atoms with E-state index in [0.29, 0.717) is 40.9 Å². The van der Waals surface area contributed by atoms with E-state index in [1.807, 2.05) is 65.0 Å². The first-order valence-electron chi connectivity index (χ1n) is 12.8. The minimum absolute atomic E-state index is 0.221. The lowest BCUT2D eigenvalue weighted by molar-refractivity contribution is 0.0528. The number of carbonyl (C=O) groups is 1. The molecule has 1 aromatic heterocycles. The maximum atomic E-state index is 13.7. The highest BCUT2D eigenvalue weighted by Crippen LogP contribution is 2.41. The Morgan fingerprint density at radius 3 is 2.33 bits per heavy atom. The quantitative estimate of drug-likeness (QED) is 0.109. The van der Waals surface area contributed by atoms with E-state index in [-0.39, 0.29) is 12.4 Å². The molecule has 5 aromatic rings. The van der Waals surface area contributed by atoms with Gasteiger partial charge in [0.25, 0.3) is 0 Å². The van der Waals surface area contributed by atoms with Crippen LogP contribution in [-0.4, -0.2) is 25.7 Å². The summed E-state index contributed by atoms with van der Waals surface area (Å²) in [6, 6.07) is 29.9. The number of benzene rings is 4. The molecule has 0 spiro atoms. The van der Waals surface area contributed by atoms with Crippen molar-refractivity contribution in [3.05, 3.63) is 114 Å². The molecule has 0 aliphatic heterocycles. The Morgan fingerprint density at radius 2 is 1.64 bits per heavy atom. The highest BCUT2D eigenvalue weighted by molar-refractivity contribution is 7.81. The third kappa shape index (κ3) is 6.00. The van der Waals surface area contributed by atoms with Crippen molar-refractivity contribution in [2.24, 2.45) is 0 Å². The molecule has 39 heavy (non-hydrogen) atoms. The van der Waals surface area contributed by atoms with Crippen LogP contribution >= 0.6 is 12.8 Å². The van der Waals surface area contributed by atoms with Crippen LogP contribution in [0, 0.1) is 5.82 Å². The highest BCUT2D eigenvalue weighted by atomic mass is 32.1. The molecule has 0 atom stereocenters. The molecule has 0 aliphatic rings. The van der Waals surface area contributed by atoms with Crippen LogP contribution < -0.4 is 9.62 Å². The molecule has 0 radical (unpaired) electrons. The van der Waals surface area contributed by atoms with Crippen molar-refractivity contribution in [1.82, 2.24) is 5.32 Å². The molecule has 5 rings (SSSR count). The Labute approximate surface area is 232 Å². The molecule has 198 valence electrons. The summed E-state index contributed by atoms with van der Waals surface area (Å²) in [6.07, 6.45) is 0. The summed E-state index contributed by atoms with van der Waals surface area (Å²) in [4.78, 5) is 13.1. The van der Waals surface area contributed by atoms with Gasteiger partial charge in [0.2, 0.25) is 0 Å². The van der Waals surface area contributed by atoms with Gasteiger partial charge in [-0.1, -0.05) is 73.5 Å². The van der Waals surface area contributed by atoms with Gasteiger partial charge in [0.1, 0.15) is 22.7 Å². The first kappa shape index (κ1) is 26.5. The average Bonchev–Trinajstić information content (AvgIpc) is 3.35. The molecule has 0 bridgehead atoms. The number of carbonyl (C=O) groups excluding carboxylic acids is 1. The number of hydrogen-bond acceptors (Lipinski definition) is 6. The fraction of sp³-hybridized carbons (Fsp3) is 0.156. The molecule has 0 fully saturated rings. The highest BCUT2D eigenvalue weighted by Gasteiger charge is 2.25. The number of thiol groups is 1. The van der Waals surface area contributed by atoms with Gasteiger partial charge in [-0.2, -0.15) is 0 Å². The number of ether oxygens (including phenoxy) is 1. The van der Waals surface area contributed by atoms with Crippen LogP contribution in [0.1, 0.15) is 22.8 Å². The van der Waals surface area contributed by atoms with Gasteiger partial charge in [-0.3, -0.25) is 0 Å². The van der Waals surface area contributed by atoms with Crippen LogP contribution in [-0.2, 0) is 11.3 Å². The second-order valence-corrected chi connectivity index (χ2v) is 9.53. The number of nitrogens with one attached hydrogen (secondary N) is 1. The Kier molecular flexibility index (Phi) is 8.30. The predicted molar refractivity (Wildman–Crippen MR) is 157 cm³/mol. The topological polar surface area (TPSA) is 54.7 Å². The number of anilines is 1. The monoisotopic (exact) mass is 540 g/mol. The zero-order chi connectivity index (χ0) is 27.2. The molecule has 0 unspecified atom stereocenters. The van der Waals surface area contributed by atoms with E-state index < -0.39 is 5.97 Å². The van der Waals surface area contributed by atoms with E-state index in [4.69, 9.17) is 22.0 Å². The second kappa shape index (κ2) is 12.2. The number of rotatable bonds is 10. The summed E-state index contributed by atoms with van der Waals surface area (Å²) in [7, 11) is 0. The first-order chi connectivity index (χ1) is 19.0. The predicted octanol–water partition coefficient (Wildman–Crippen LogP) is 7.52. The van der Waals surface area contributed by atoms with Crippen molar-refractivity contribution < 1.29 is 18.3 Å². The number of halogens is 1. The standard InChI is InChI=1S/C32H29FN2O3S/c1-2-37-32(36)30-27-19-26(23-11-7-4-8-12-23)28(35(39)18-17-34-21-22-9-5-3-6-10-22)20-29(27)38-31(30)24-13-15-25(33)16-14-24/h3-16,19-20,34,39H,2,17-18,21H2,1H3. The third-order valence-corrected chi connectivity index (χ3v) is 6.84. The summed E-state index contributed by atoms with van der Waals surface area (Å²) in [5, 5.41) is 4.09. The normalized spacial score (nSPS) is 11.1. The fourth-order valence-corrected chi connectivity index (χ4v) is 4.80. The number of hydrogen-bond donors (Lipinski definition) is 2. The minimum atomic E-state index is -0.491. The SMILES string of the molecule is CCOC(=O)c1c(-c2ccc(F)cc2)oc2cc(N(S)CCNCc3ccccc3)c(-c3ccccc3)cc12. The van der Waals surface area contributed by atoms with E-state index in [9.17, 15) is 9.18 Å². The molecule has 1 heterocycles. The average molecular weight is 541 g/mol. The molecule has 0 saturated carbocycles. The Hall–Kier alpha value is -4.07. The molecule has 0 aliphatic carbocycles. The van der Waals surface area contributed by atoms with Gasteiger partial charge in [0.05, 0.1) is 12.3 Å². The van der Waals surface area contributed by atoms with Crippen LogP contribution in [0.5, 0.6) is 0 Å². The third-order valence-electron chi connectivity index (χ3n) is 6.43. The van der Waals surface area contributed by atoms with Gasteiger partial charge in [-0.05, 0) is 48.4 Å². The van der Waals surface area contributed by atoms with Crippen LogP contribution in [0.3, 0.4) is 0 Å². The number of nitrogens with zero attached hydrogens (tertiary/aromatic N) is 1. The summed E-state index contributed by atoms with van der Waals surface area (Å²) >= 11 is 4.83. The van der Waals surface area contributed by atoms with Crippen LogP contribution in [0.15, 0.2) is 101 Å². The number of esters is 1. The van der Waals surface area contributed by atoms with Crippen LogP contribution in [0.2, 0.25) is 0 Å². The van der Waals surface area contributed by atoms with Gasteiger partial charge in [-0.15, -0.1) is 0 Å². The fourth-order valence-electron chi connectivity index (χ4n) is 4.54. The van der Waals surface area contributed by atoms with E-state index in [0.717, 1.165) is 23.4 Å². The lowest BCUT2D eigenvalue weighted by Crippen LogP contribution is -2.26. The lowest BCUT2D eigenvalue weighted by Gasteiger charge is -2.22. The van der Waals surface area contributed by atoms with Crippen molar-refractivity contribution in [2.75, 3.05) is 24.0 Å². The maximum absolute atomic E-state index is 13.7. The van der Waals surface area contributed by atoms with Crippen molar-refractivity contribution in [3.63, 3.8) is 0 Å². The first-order valence-corrected chi connectivity index (χ1v) is 13.2. The van der Waals surface area contributed by atoms with E-state index in [2.05, 4.69) is 17.4 Å². The minimum Gasteiger partial charge on any atom is -0.462 e. The second-order valence-electron chi connectivity index (χ2n) is 9.05. The van der Waals surface area contributed by atoms with Crippen molar-refractivity contribution >= 4 is 35.4 Å². The van der Waals surface area contributed by atoms with Crippen molar-refractivity contribution in [2.45, 2.75) is 13.5 Å². The summed E-state index contributed by atoms with van der Waals surface area (Å²) in [5.41, 5.74) is 5.36. The summed E-state index contributed by atoms with van der Waals surface area (Å²) < 4.78 is 27.2.